The minimum atomic E-state index is -0.696. The van der Waals surface area contributed by atoms with E-state index in [0.717, 1.165) is 16.0 Å². The second-order valence-corrected chi connectivity index (χ2v) is 8.53. The van der Waals surface area contributed by atoms with Crippen molar-refractivity contribution in [2.45, 2.75) is 39.8 Å². The molecule has 1 aliphatic rings. The van der Waals surface area contributed by atoms with Crippen LogP contribution in [0.4, 0.5) is 0 Å². The molecule has 1 aliphatic heterocycles. The summed E-state index contributed by atoms with van der Waals surface area (Å²) in [4.78, 5) is 28.3. The van der Waals surface area contributed by atoms with Crippen LogP contribution in [0.2, 0.25) is 0 Å². The lowest BCUT2D eigenvalue weighted by atomic mass is 9.97. The van der Waals surface area contributed by atoms with Crippen molar-refractivity contribution in [2.24, 2.45) is 0 Å². The Hall–Kier alpha value is -2.64. The SMILES string of the molecule is COc1ccc(C)cc1/C(O)=C1\C(=O)C(=O)N(CCOC(C)C)C1c1sccc1C. The number of aryl methyl sites for hydroxylation is 2. The highest BCUT2D eigenvalue weighted by molar-refractivity contribution is 7.10. The molecule has 1 aromatic carbocycles. The van der Waals surface area contributed by atoms with E-state index in [1.54, 1.807) is 12.1 Å². The van der Waals surface area contributed by atoms with E-state index >= 15 is 0 Å². The molecule has 0 aliphatic carbocycles. The van der Waals surface area contributed by atoms with Crippen LogP contribution in [0, 0.1) is 13.8 Å². The number of ether oxygens (including phenoxy) is 2. The summed E-state index contributed by atoms with van der Waals surface area (Å²) in [7, 11) is 1.50. The highest BCUT2D eigenvalue weighted by atomic mass is 32.1. The molecule has 1 saturated heterocycles. The smallest absolute Gasteiger partial charge is 0.295 e. The standard InChI is InChI=1S/C23H27NO5S/c1-13(2)29-10-9-24-19(22-15(4)8-11-30-22)18(21(26)23(24)27)20(25)16-12-14(3)6-7-17(16)28-5/h6-8,11-13,19,25H,9-10H2,1-5H3/b20-18+. The number of likely N-dealkylation sites (tertiary alicyclic amines) is 1. The molecule has 6 nitrogen and oxygen atoms in total. The van der Waals surface area contributed by atoms with E-state index in [1.165, 1.54) is 23.3 Å². The third-order valence-corrected chi connectivity index (χ3v) is 6.15. The quantitative estimate of drug-likeness (QED) is 0.405. The maximum absolute atomic E-state index is 13.0. The summed E-state index contributed by atoms with van der Waals surface area (Å²) in [6.07, 6.45) is 0.0142. The average molecular weight is 430 g/mol. The van der Waals surface area contributed by atoms with Gasteiger partial charge in [-0.1, -0.05) is 11.6 Å². The van der Waals surface area contributed by atoms with Gasteiger partial charge >= 0.3 is 0 Å². The lowest BCUT2D eigenvalue weighted by Gasteiger charge is -2.25. The van der Waals surface area contributed by atoms with Gasteiger partial charge in [0.15, 0.2) is 0 Å². The molecule has 3 rings (SSSR count). The van der Waals surface area contributed by atoms with Gasteiger partial charge in [-0.25, -0.2) is 0 Å². The van der Waals surface area contributed by atoms with Gasteiger partial charge in [0.25, 0.3) is 11.7 Å². The van der Waals surface area contributed by atoms with Gasteiger partial charge in [-0.15, -0.1) is 11.3 Å². The van der Waals surface area contributed by atoms with Crippen LogP contribution in [0.1, 0.15) is 41.5 Å². The Morgan fingerprint density at radius 1 is 1.23 bits per heavy atom. The number of methoxy groups -OCH3 is 1. The van der Waals surface area contributed by atoms with Crippen LogP contribution in [0.25, 0.3) is 5.76 Å². The van der Waals surface area contributed by atoms with Crippen molar-refractivity contribution >= 4 is 28.8 Å². The molecule has 2 heterocycles. The Kier molecular flexibility index (Phi) is 6.63. The molecule has 160 valence electrons. The number of ketones is 1. The first kappa shape index (κ1) is 22.1. The number of nitrogens with zero attached hydrogens (tertiary/aromatic N) is 1. The van der Waals surface area contributed by atoms with E-state index in [-0.39, 0.29) is 24.0 Å². The van der Waals surface area contributed by atoms with E-state index in [1.807, 2.05) is 45.2 Å². The van der Waals surface area contributed by atoms with Crippen LogP contribution in [0.5, 0.6) is 5.75 Å². The average Bonchev–Trinajstić information content (AvgIpc) is 3.23. The van der Waals surface area contributed by atoms with Gasteiger partial charge in [-0.2, -0.15) is 0 Å². The van der Waals surface area contributed by atoms with Gasteiger partial charge in [0, 0.05) is 11.4 Å². The fourth-order valence-electron chi connectivity index (χ4n) is 3.59. The predicted octanol–water partition coefficient (Wildman–Crippen LogP) is 4.22. The molecular formula is C23H27NO5S. The Labute approximate surface area is 180 Å². The van der Waals surface area contributed by atoms with Crippen LogP contribution in [0.15, 0.2) is 35.2 Å². The molecule has 1 amide bonds. The molecule has 1 fully saturated rings. The molecular weight excluding hydrogens is 402 g/mol. The van der Waals surface area contributed by atoms with E-state index in [9.17, 15) is 14.7 Å². The van der Waals surface area contributed by atoms with Crippen molar-refractivity contribution in [2.75, 3.05) is 20.3 Å². The van der Waals surface area contributed by atoms with Crippen molar-refractivity contribution in [3.8, 4) is 5.75 Å². The zero-order valence-corrected chi connectivity index (χ0v) is 18.7. The summed E-state index contributed by atoms with van der Waals surface area (Å²) in [5.74, 6) is -1.11. The van der Waals surface area contributed by atoms with Gasteiger partial charge in [0.05, 0.1) is 37.0 Å². The van der Waals surface area contributed by atoms with E-state index < -0.39 is 17.7 Å². The molecule has 30 heavy (non-hydrogen) atoms. The van der Waals surface area contributed by atoms with Crippen molar-refractivity contribution in [1.82, 2.24) is 4.90 Å². The molecule has 1 unspecified atom stereocenters. The Balaban J connectivity index is 2.15. The first-order valence-corrected chi connectivity index (χ1v) is 10.7. The van der Waals surface area contributed by atoms with E-state index in [2.05, 4.69) is 0 Å². The second kappa shape index (κ2) is 9.02. The molecule has 7 heteroatoms. The number of amides is 1. The molecule has 1 N–H and O–H groups in total. The largest absolute Gasteiger partial charge is 0.507 e. The van der Waals surface area contributed by atoms with Crippen LogP contribution in [-0.4, -0.2) is 48.1 Å². The molecule has 0 radical (unpaired) electrons. The van der Waals surface area contributed by atoms with Gasteiger partial charge in [-0.3, -0.25) is 9.59 Å². The summed E-state index contributed by atoms with van der Waals surface area (Å²) in [5, 5.41) is 13.1. The number of aliphatic hydroxyl groups excluding tert-OH is 1. The third-order valence-electron chi connectivity index (χ3n) is 5.08. The normalized spacial score (nSPS) is 18.5. The number of benzene rings is 1. The van der Waals surface area contributed by atoms with Crippen molar-refractivity contribution < 1.29 is 24.2 Å². The number of hydrogen-bond acceptors (Lipinski definition) is 6. The van der Waals surface area contributed by atoms with Crippen LogP contribution < -0.4 is 4.74 Å². The summed E-state index contributed by atoms with van der Waals surface area (Å²) in [6, 6.07) is 6.63. The monoisotopic (exact) mass is 429 g/mol. The maximum atomic E-state index is 13.0. The summed E-state index contributed by atoms with van der Waals surface area (Å²) >= 11 is 1.46. The van der Waals surface area contributed by atoms with Gasteiger partial charge < -0.3 is 19.5 Å². The molecule has 0 spiro atoms. The van der Waals surface area contributed by atoms with Crippen molar-refractivity contribution in [1.29, 1.82) is 0 Å². The maximum Gasteiger partial charge on any atom is 0.295 e. The predicted molar refractivity (Wildman–Crippen MR) is 117 cm³/mol. The third kappa shape index (κ3) is 4.13. The van der Waals surface area contributed by atoms with Gasteiger partial charge in [0.1, 0.15) is 11.5 Å². The molecule has 2 aromatic rings. The van der Waals surface area contributed by atoms with E-state index in [4.69, 9.17) is 9.47 Å². The fraction of sp³-hybridized carbons (Fsp3) is 0.391. The highest BCUT2D eigenvalue weighted by Crippen LogP contribution is 2.43. The molecule has 1 aromatic heterocycles. The summed E-state index contributed by atoms with van der Waals surface area (Å²) in [5.41, 5.74) is 2.34. The van der Waals surface area contributed by atoms with Crippen LogP contribution in [-0.2, 0) is 14.3 Å². The number of thiophene rings is 1. The van der Waals surface area contributed by atoms with Crippen LogP contribution in [0.3, 0.4) is 0 Å². The summed E-state index contributed by atoms with van der Waals surface area (Å²) < 4.78 is 11.0. The molecule has 1 atom stereocenters. The molecule has 0 bridgehead atoms. The Morgan fingerprint density at radius 2 is 1.97 bits per heavy atom. The lowest BCUT2D eigenvalue weighted by Crippen LogP contribution is -2.33. The molecule has 0 saturated carbocycles. The fourth-order valence-corrected chi connectivity index (χ4v) is 4.63. The number of carbonyl (C=O) groups is 2. The minimum absolute atomic E-state index is 0.0142. The van der Waals surface area contributed by atoms with E-state index in [0.29, 0.717) is 17.9 Å². The minimum Gasteiger partial charge on any atom is -0.507 e. The first-order chi connectivity index (χ1) is 14.3. The Morgan fingerprint density at radius 3 is 2.57 bits per heavy atom. The van der Waals surface area contributed by atoms with Gasteiger partial charge in [0.2, 0.25) is 0 Å². The van der Waals surface area contributed by atoms with Crippen molar-refractivity contribution in [3.05, 3.63) is 56.8 Å². The Bertz CT molecular complexity index is 991. The topological polar surface area (TPSA) is 76.1 Å². The number of aliphatic hydroxyl groups is 1. The number of carbonyl (C=O) groups excluding carboxylic acids is 2. The van der Waals surface area contributed by atoms with Crippen molar-refractivity contribution in [3.63, 3.8) is 0 Å². The number of rotatable bonds is 7. The number of Topliss-reactive ketones (excluding diaryl/α,β-unsaturated/α-hetero) is 1. The zero-order chi connectivity index (χ0) is 22.0. The second-order valence-electron chi connectivity index (χ2n) is 7.58. The zero-order valence-electron chi connectivity index (χ0n) is 17.9. The van der Waals surface area contributed by atoms with Crippen LogP contribution >= 0.6 is 11.3 Å². The summed E-state index contributed by atoms with van der Waals surface area (Å²) in [6.45, 7) is 8.22. The highest BCUT2D eigenvalue weighted by Gasteiger charge is 2.47. The van der Waals surface area contributed by atoms with Gasteiger partial charge in [-0.05, 0) is 56.8 Å². The lowest BCUT2D eigenvalue weighted by molar-refractivity contribution is -0.140. The first-order valence-electron chi connectivity index (χ1n) is 9.85. The number of hydrogen-bond donors (Lipinski definition) is 1.